The van der Waals surface area contributed by atoms with E-state index in [1.54, 1.807) is 10.7 Å². The second-order valence-corrected chi connectivity index (χ2v) is 5.89. The monoisotopic (exact) mass is 347 g/mol. The van der Waals surface area contributed by atoms with E-state index in [4.69, 9.17) is 39.5 Å². The molecule has 2 aromatic rings. The van der Waals surface area contributed by atoms with Gasteiger partial charge in [0.1, 0.15) is 12.4 Å². The zero-order valence-corrected chi connectivity index (χ0v) is 14.3. The molecular weight excluding hydrogens is 333 g/mol. The quantitative estimate of drug-likeness (QED) is 0.888. The van der Waals surface area contributed by atoms with Gasteiger partial charge < -0.3 is 10.1 Å². The zero-order valence-electron chi connectivity index (χ0n) is 12.0. The molecule has 0 aliphatic carbocycles. The van der Waals surface area contributed by atoms with Gasteiger partial charge in [0.15, 0.2) is 0 Å². The lowest BCUT2D eigenvalue weighted by Gasteiger charge is -2.14. The van der Waals surface area contributed by atoms with E-state index < -0.39 is 0 Å². The maximum atomic E-state index is 6.23. The van der Waals surface area contributed by atoms with Crippen LogP contribution in [0.4, 0.5) is 0 Å². The van der Waals surface area contributed by atoms with Gasteiger partial charge >= 0.3 is 0 Å². The highest BCUT2D eigenvalue weighted by Crippen LogP contribution is 2.33. The lowest BCUT2D eigenvalue weighted by Crippen LogP contribution is -2.09. The molecule has 7 heteroatoms. The van der Waals surface area contributed by atoms with Crippen molar-refractivity contribution in [2.24, 2.45) is 7.05 Å². The second kappa shape index (κ2) is 6.88. The van der Waals surface area contributed by atoms with Crippen molar-refractivity contribution < 1.29 is 4.74 Å². The van der Waals surface area contributed by atoms with Crippen LogP contribution >= 0.6 is 34.8 Å². The molecule has 1 N–H and O–H groups in total. The lowest BCUT2D eigenvalue weighted by molar-refractivity contribution is 0.291. The zero-order chi connectivity index (χ0) is 15.6. The highest BCUT2D eigenvalue weighted by Gasteiger charge is 2.15. The number of nitrogens with one attached hydrogen (secondary N) is 1. The summed E-state index contributed by atoms with van der Waals surface area (Å²) in [7, 11) is 3.68. The van der Waals surface area contributed by atoms with Crippen LogP contribution in [0.2, 0.25) is 15.1 Å². The SMILES string of the molecule is CNCc1cc(Cl)cc(Cl)c1OCc1c(Cl)c(C)nn1C. The Hall–Kier alpha value is -0.940. The maximum absolute atomic E-state index is 6.23. The molecule has 4 nitrogen and oxygen atoms in total. The Morgan fingerprint density at radius 3 is 2.57 bits per heavy atom. The largest absolute Gasteiger partial charge is 0.485 e. The molecule has 0 spiro atoms. The average molecular weight is 349 g/mol. The first-order chi connectivity index (χ1) is 9.93. The van der Waals surface area contributed by atoms with Gasteiger partial charge in [-0.15, -0.1) is 0 Å². The van der Waals surface area contributed by atoms with E-state index in [1.807, 2.05) is 27.1 Å². The number of aryl methyl sites for hydroxylation is 2. The summed E-state index contributed by atoms with van der Waals surface area (Å²) < 4.78 is 7.57. The molecule has 2 rings (SSSR count). The van der Waals surface area contributed by atoms with Gasteiger partial charge in [-0.25, -0.2) is 0 Å². The van der Waals surface area contributed by atoms with E-state index >= 15 is 0 Å². The maximum Gasteiger partial charge on any atom is 0.143 e. The summed E-state index contributed by atoms with van der Waals surface area (Å²) in [6.07, 6.45) is 0. The number of ether oxygens (including phenoxy) is 1. The molecule has 1 aromatic heterocycles. The minimum absolute atomic E-state index is 0.286. The number of halogens is 3. The van der Waals surface area contributed by atoms with Gasteiger partial charge in [-0.05, 0) is 26.1 Å². The van der Waals surface area contributed by atoms with E-state index in [0.29, 0.717) is 27.4 Å². The predicted octanol–water partition coefficient (Wildman–Crippen LogP) is 3.99. The number of rotatable bonds is 5. The molecule has 21 heavy (non-hydrogen) atoms. The van der Waals surface area contributed by atoms with Crippen molar-refractivity contribution in [3.63, 3.8) is 0 Å². The highest BCUT2D eigenvalue weighted by atomic mass is 35.5. The fourth-order valence-corrected chi connectivity index (χ4v) is 2.88. The molecule has 0 saturated heterocycles. The third kappa shape index (κ3) is 3.64. The van der Waals surface area contributed by atoms with Gasteiger partial charge in [-0.2, -0.15) is 5.10 Å². The van der Waals surface area contributed by atoms with Gasteiger partial charge in [0.05, 0.1) is 21.4 Å². The van der Waals surface area contributed by atoms with Crippen LogP contribution < -0.4 is 10.1 Å². The Morgan fingerprint density at radius 2 is 2.00 bits per heavy atom. The first kappa shape index (κ1) is 16.4. The third-order valence-corrected chi connectivity index (χ3v) is 4.06. The minimum atomic E-state index is 0.286. The van der Waals surface area contributed by atoms with Gasteiger partial charge in [-0.3, -0.25) is 4.68 Å². The number of hydrogen-bond acceptors (Lipinski definition) is 3. The topological polar surface area (TPSA) is 39.1 Å². The standard InChI is InChI=1S/C14H16Cl3N3O/c1-8-13(17)12(20(3)19-8)7-21-14-9(6-18-2)4-10(15)5-11(14)16/h4-5,18H,6-7H2,1-3H3. The molecule has 0 fully saturated rings. The molecule has 0 bridgehead atoms. The van der Waals surface area contributed by atoms with Crippen molar-refractivity contribution in [2.45, 2.75) is 20.1 Å². The fourth-order valence-electron chi connectivity index (χ4n) is 2.07. The summed E-state index contributed by atoms with van der Waals surface area (Å²) >= 11 is 18.5. The van der Waals surface area contributed by atoms with Crippen LogP contribution in [-0.4, -0.2) is 16.8 Å². The highest BCUT2D eigenvalue weighted by molar-refractivity contribution is 6.35. The molecule has 1 aromatic carbocycles. The number of hydrogen-bond donors (Lipinski definition) is 1. The van der Waals surface area contributed by atoms with E-state index in [1.165, 1.54) is 0 Å². The van der Waals surface area contributed by atoms with E-state index in [-0.39, 0.29) is 6.61 Å². The van der Waals surface area contributed by atoms with Crippen molar-refractivity contribution >= 4 is 34.8 Å². The van der Waals surface area contributed by atoms with Crippen molar-refractivity contribution in [1.29, 1.82) is 0 Å². The number of aromatic nitrogens is 2. The second-order valence-electron chi connectivity index (χ2n) is 4.66. The molecule has 0 radical (unpaired) electrons. The van der Waals surface area contributed by atoms with Crippen LogP contribution in [-0.2, 0) is 20.2 Å². The Balaban J connectivity index is 2.27. The number of nitrogens with zero attached hydrogens (tertiary/aromatic N) is 2. The minimum Gasteiger partial charge on any atom is -0.485 e. The summed E-state index contributed by atoms with van der Waals surface area (Å²) in [5.41, 5.74) is 2.47. The van der Waals surface area contributed by atoms with Crippen LogP contribution in [0.1, 0.15) is 17.0 Å². The van der Waals surface area contributed by atoms with Crippen LogP contribution in [0, 0.1) is 6.92 Å². The van der Waals surface area contributed by atoms with E-state index in [0.717, 1.165) is 17.0 Å². The lowest BCUT2D eigenvalue weighted by atomic mass is 10.2. The molecular formula is C14H16Cl3N3O. The third-order valence-electron chi connectivity index (χ3n) is 3.07. The van der Waals surface area contributed by atoms with Gasteiger partial charge in [-0.1, -0.05) is 34.8 Å². The Morgan fingerprint density at radius 1 is 1.29 bits per heavy atom. The molecule has 0 unspecified atom stereocenters. The molecule has 0 aliphatic rings. The van der Waals surface area contributed by atoms with Crippen molar-refractivity contribution in [3.8, 4) is 5.75 Å². The van der Waals surface area contributed by atoms with Crippen molar-refractivity contribution in [3.05, 3.63) is 44.2 Å². The van der Waals surface area contributed by atoms with E-state index in [9.17, 15) is 0 Å². The molecule has 0 amide bonds. The van der Waals surface area contributed by atoms with Crippen molar-refractivity contribution in [1.82, 2.24) is 15.1 Å². The van der Waals surface area contributed by atoms with E-state index in [2.05, 4.69) is 10.4 Å². The molecule has 114 valence electrons. The molecule has 1 heterocycles. The van der Waals surface area contributed by atoms with Crippen LogP contribution in [0.15, 0.2) is 12.1 Å². The Kier molecular flexibility index (Phi) is 5.38. The van der Waals surface area contributed by atoms with Crippen LogP contribution in [0.3, 0.4) is 0 Å². The molecule has 0 atom stereocenters. The van der Waals surface area contributed by atoms with Crippen LogP contribution in [0.25, 0.3) is 0 Å². The first-order valence-corrected chi connectivity index (χ1v) is 7.50. The Bertz CT molecular complexity index is 655. The average Bonchev–Trinajstić information content (AvgIpc) is 2.64. The summed E-state index contributed by atoms with van der Waals surface area (Å²) in [5, 5.41) is 8.98. The van der Waals surface area contributed by atoms with Gasteiger partial charge in [0.25, 0.3) is 0 Å². The normalized spacial score (nSPS) is 11.0. The molecule has 0 saturated carbocycles. The fraction of sp³-hybridized carbons (Fsp3) is 0.357. The smallest absolute Gasteiger partial charge is 0.143 e. The number of benzene rings is 1. The Labute approximate surface area is 138 Å². The van der Waals surface area contributed by atoms with Crippen LogP contribution in [0.5, 0.6) is 5.75 Å². The summed E-state index contributed by atoms with van der Waals surface area (Å²) in [5.74, 6) is 0.602. The molecule has 0 aliphatic heterocycles. The summed E-state index contributed by atoms with van der Waals surface area (Å²) in [6.45, 7) is 2.75. The van der Waals surface area contributed by atoms with Gasteiger partial charge in [0.2, 0.25) is 0 Å². The van der Waals surface area contributed by atoms with Gasteiger partial charge in [0, 0.05) is 24.2 Å². The first-order valence-electron chi connectivity index (χ1n) is 6.37. The predicted molar refractivity (Wildman–Crippen MR) is 86.5 cm³/mol. The summed E-state index contributed by atoms with van der Waals surface area (Å²) in [6, 6.07) is 3.49. The summed E-state index contributed by atoms with van der Waals surface area (Å²) in [4.78, 5) is 0. The van der Waals surface area contributed by atoms with Crippen molar-refractivity contribution in [2.75, 3.05) is 7.05 Å².